The number of hydrogen-bond acceptors (Lipinski definition) is 4. The highest BCUT2D eigenvalue weighted by Gasteiger charge is 2.16. The van der Waals surface area contributed by atoms with Gasteiger partial charge in [0.05, 0.1) is 11.4 Å². The highest BCUT2D eigenvalue weighted by Crippen LogP contribution is 2.36. The number of benzene rings is 1. The molecule has 5 heteroatoms. The second kappa shape index (κ2) is 4.59. The Hall–Kier alpha value is -2.01. The van der Waals surface area contributed by atoms with E-state index in [1.807, 2.05) is 36.9 Å². The number of rotatable bonds is 2. The number of nitrogens with zero attached hydrogens (tertiary/aromatic N) is 2. The summed E-state index contributed by atoms with van der Waals surface area (Å²) >= 11 is 0. The molecular formula is C14H17N3O2. The molecule has 0 amide bonds. The van der Waals surface area contributed by atoms with E-state index in [0.29, 0.717) is 19.8 Å². The average molecular weight is 259 g/mol. The standard InChI is InChI=1S/C14H17N3O2/c1-9-5-13-14(19-4-3-18-13)7-11(9)12-6-10(8-15)17(2)16-12/h5-7H,3-4,8,15H2,1-2H3. The molecule has 0 fully saturated rings. The van der Waals surface area contributed by atoms with E-state index < -0.39 is 0 Å². The molecule has 0 bridgehead atoms. The number of hydrogen-bond donors (Lipinski definition) is 1. The second-order valence-corrected chi connectivity index (χ2v) is 4.66. The molecule has 0 aliphatic carbocycles. The van der Waals surface area contributed by atoms with Crippen molar-refractivity contribution in [3.05, 3.63) is 29.5 Å². The highest BCUT2D eigenvalue weighted by atomic mass is 16.6. The summed E-state index contributed by atoms with van der Waals surface area (Å²) in [6, 6.07) is 6.01. The van der Waals surface area contributed by atoms with Crippen molar-refractivity contribution in [3.63, 3.8) is 0 Å². The van der Waals surface area contributed by atoms with Gasteiger partial charge >= 0.3 is 0 Å². The Labute approximate surface area is 111 Å². The van der Waals surface area contributed by atoms with Crippen molar-refractivity contribution in [2.45, 2.75) is 13.5 Å². The number of ether oxygens (including phenoxy) is 2. The molecule has 1 aromatic heterocycles. The molecular weight excluding hydrogens is 242 g/mol. The van der Waals surface area contributed by atoms with Crippen molar-refractivity contribution in [1.82, 2.24) is 9.78 Å². The summed E-state index contributed by atoms with van der Waals surface area (Å²) in [4.78, 5) is 0. The van der Waals surface area contributed by atoms with Gasteiger partial charge in [-0.15, -0.1) is 0 Å². The van der Waals surface area contributed by atoms with Crippen LogP contribution in [0.2, 0.25) is 0 Å². The summed E-state index contributed by atoms with van der Waals surface area (Å²) < 4.78 is 13.0. The first kappa shape index (κ1) is 12.0. The molecule has 0 atom stereocenters. The van der Waals surface area contributed by atoms with Gasteiger partial charge in [0.1, 0.15) is 13.2 Å². The molecule has 2 heterocycles. The Morgan fingerprint density at radius 3 is 2.53 bits per heavy atom. The molecule has 0 unspecified atom stereocenters. The SMILES string of the molecule is Cc1cc2c(cc1-c1cc(CN)n(C)n1)OCCO2. The van der Waals surface area contributed by atoms with Crippen LogP contribution in [0.25, 0.3) is 11.3 Å². The van der Waals surface area contributed by atoms with Crippen LogP contribution in [0.3, 0.4) is 0 Å². The number of nitrogens with two attached hydrogens (primary N) is 1. The Bertz CT molecular complexity index is 619. The van der Waals surface area contributed by atoms with Crippen LogP contribution in [0.1, 0.15) is 11.3 Å². The molecule has 0 saturated carbocycles. The van der Waals surface area contributed by atoms with Crippen LogP contribution in [0.4, 0.5) is 0 Å². The summed E-state index contributed by atoms with van der Waals surface area (Å²) in [7, 11) is 1.90. The molecule has 3 rings (SSSR count). The topological polar surface area (TPSA) is 62.3 Å². The third-order valence-electron chi connectivity index (χ3n) is 3.35. The van der Waals surface area contributed by atoms with Crippen molar-refractivity contribution in [2.24, 2.45) is 12.8 Å². The van der Waals surface area contributed by atoms with Gasteiger partial charge in [-0.25, -0.2) is 0 Å². The third kappa shape index (κ3) is 2.06. The molecule has 2 N–H and O–H groups in total. The zero-order chi connectivity index (χ0) is 13.4. The number of aromatic nitrogens is 2. The van der Waals surface area contributed by atoms with E-state index in [0.717, 1.165) is 34.0 Å². The van der Waals surface area contributed by atoms with Gasteiger partial charge < -0.3 is 15.2 Å². The molecule has 1 aromatic carbocycles. The van der Waals surface area contributed by atoms with Gasteiger partial charge in [-0.1, -0.05) is 0 Å². The van der Waals surface area contributed by atoms with Crippen LogP contribution in [0, 0.1) is 6.92 Å². The Balaban J connectivity index is 2.08. The maximum atomic E-state index is 5.69. The van der Waals surface area contributed by atoms with E-state index in [9.17, 15) is 0 Å². The van der Waals surface area contributed by atoms with Crippen LogP contribution < -0.4 is 15.2 Å². The van der Waals surface area contributed by atoms with Gasteiger partial charge in [-0.05, 0) is 30.7 Å². The Kier molecular flexibility index (Phi) is 2.91. The van der Waals surface area contributed by atoms with E-state index in [1.165, 1.54) is 0 Å². The zero-order valence-electron chi connectivity index (χ0n) is 11.1. The van der Waals surface area contributed by atoms with Gasteiger partial charge in [0, 0.05) is 19.2 Å². The molecule has 19 heavy (non-hydrogen) atoms. The van der Waals surface area contributed by atoms with Crippen LogP contribution in [-0.4, -0.2) is 23.0 Å². The monoisotopic (exact) mass is 259 g/mol. The van der Waals surface area contributed by atoms with Gasteiger partial charge in [0.2, 0.25) is 0 Å². The average Bonchev–Trinajstić information content (AvgIpc) is 2.79. The van der Waals surface area contributed by atoms with E-state index in [4.69, 9.17) is 15.2 Å². The van der Waals surface area contributed by atoms with E-state index >= 15 is 0 Å². The van der Waals surface area contributed by atoms with Gasteiger partial charge in [-0.2, -0.15) is 5.10 Å². The molecule has 0 saturated heterocycles. The number of aryl methyl sites for hydroxylation is 2. The van der Waals surface area contributed by atoms with E-state index in [-0.39, 0.29) is 0 Å². The lowest BCUT2D eigenvalue weighted by atomic mass is 10.0. The van der Waals surface area contributed by atoms with Crippen LogP contribution >= 0.6 is 0 Å². The van der Waals surface area contributed by atoms with Crippen molar-refractivity contribution >= 4 is 0 Å². The molecule has 100 valence electrons. The minimum absolute atomic E-state index is 0.479. The first-order valence-corrected chi connectivity index (χ1v) is 6.32. The minimum Gasteiger partial charge on any atom is -0.486 e. The largest absolute Gasteiger partial charge is 0.486 e. The van der Waals surface area contributed by atoms with E-state index in [1.54, 1.807) is 0 Å². The zero-order valence-corrected chi connectivity index (χ0v) is 11.1. The van der Waals surface area contributed by atoms with Crippen LogP contribution in [0.15, 0.2) is 18.2 Å². The molecule has 0 radical (unpaired) electrons. The molecule has 5 nitrogen and oxygen atoms in total. The van der Waals surface area contributed by atoms with Gasteiger partial charge in [0.25, 0.3) is 0 Å². The maximum Gasteiger partial charge on any atom is 0.162 e. The lowest BCUT2D eigenvalue weighted by molar-refractivity contribution is 0.171. The fourth-order valence-corrected chi connectivity index (χ4v) is 2.29. The van der Waals surface area contributed by atoms with Crippen molar-refractivity contribution in [3.8, 4) is 22.8 Å². The van der Waals surface area contributed by atoms with Gasteiger partial charge in [-0.3, -0.25) is 4.68 Å². The highest BCUT2D eigenvalue weighted by molar-refractivity contribution is 5.68. The minimum atomic E-state index is 0.479. The predicted octanol–water partition coefficient (Wildman–Crippen LogP) is 1.63. The van der Waals surface area contributed by atoms with E-state index in [2.05, 4.69) is 5.10 Å². The first-order valence-electron chi connectivity index (χ1n) is 6.32. The predicted molar refractivity (Wildman–Crippen MR) is 72.3 cm³/mol. The molecule has 0 spiro atoms. The maximum absolute atomic E-state index is 5.69. The Morgan fingerprint density at radius 1 is 1.21 bits per heavy atom. The normalized spacial score (nSPS) is 13.6. The van der Waals surface area contributed by atoms with Crippen molar-refractivity contribution < 1.29 is 9.47 Å². The van der Waals surface area contributed by atoms with Gasteiger partial charge in [0.15, 0.2) is 11.5 Å². The fraction of sp³-hybridized carbons (Fsp3) is 0.357. The first-order chi connectivity index (χ1) is 9.19. The molecule has 1 aliphatic rings. The summed E-state index contributed by atoms with van der Waals surface area (Å²) in [5.41, 5.74) is 9.78. The lowest BCUT2D eigenvalue weighted by Gasteiger charge is -2.19. The van der Waals surface area contributed by atoms with Crippen molar-refractivity contribution in [2.75, 3.05) is 13.2 Å². The summed E-state index contributed by atoms with van der Waals surface area (Å²) in [6.45, 7) is 3.72. The smallest absolute Gasteiger partial charge is 0.162 e. The van der Waals surface area contributed by atoms with Crippen LogP contribution in [-0.2, 0) is 13.6 Å². The second-order valence-electron chi connectivity index (χ2n) is 4.66. The molecule has 1 aliphatic heterocycles. The summed E-state index contributed by atoms with van der Waals surface area (Å²) in [6.07, 6.45) is 0. The van der Waals surface area contributed by atoms with Crippen LogP contribution in [0.5, 0.6) is 11.5 Å². The fourth-order valence-electron chi connectivity index (χ4n) is 2.29. The Morgan fingerprint density at radius 2 is 1.89 bits per heavy atom. The third-order valence-corrected chi connectivity index (χ3v) is 3.35. The summed E-state index contributed by atoms with van der Waals surface area (Å²) in [5, 5.41) is 4.50. The van der Waals surface area contributed by atoms with Crippen molar-refractivity contribution in [1.29, 1.82) is 0 Å². The lowest BCUT2D eigenvalue weighted by Crippen LogP contribution is -2.15. The quantitative estimate of drug-likeness (QED) is 0.890. The summed E-state index contributed by atoms with van der Waals surface area (Å²) in [5.74, 6) is 1.59. The molecule has 2 aromatic rings. The number of fused-ring (bicyclic) bond motifs is 1.